The molecular formula is C28H34N8O2. The van der Waals surface area contributed by atoms with Crippen LogP contribution in [0, 0.1) is 27.7 Å². The zero-order valence-electron chi connectivity index (χ0n) is 22.3. The number of carbonyl (C=O) groups excluding carboxylic acids is 1. The first-order valence-corrected chi connectivity index (χ1v) is 12.9. The lowest BCUT2D eigenvalue weighted by molar-refractivity contribution is -0.142. The molecule has 5 rings (SSSR count). The molecule has 4 aromatic heterocycles. The Labute approximate surface area is 222 Å². The van der Waals surface area contributed by atoms with Crippen molar-refractivity contribution in [1.29, 1.82) is 0 Å². The van der Waals surface area contributed by atoms with Gasteiger partial charge < -0.3 is 15.3 Å². The van der Waals surface area contributed by atoms with Crippen LogP contribution >= 0.6 is 0 Å². The summed E-state index contributed by atoms with van der Waals surface area (Å²) in [6.07, 6.45) is 3.04. The number of amides is 1. The highest BCUT2D eigenvalue weighted by Crippen LogP contribution is 2.27. The van der Waals surface area contributed by atoms with Crippen LogP contribution in [0.4, 0.5) is 5.82 Å². The van der Waals surface area contributed by atoms with Crippen LogP contribution in [0.3, 0.4) is 0 Å². The smallest absolute Gasteiger partial charge is 0.252 e. The van der Waals surface area contributed by atoms with Crippen LogP contribution in [0.25, 0.3) is 5.82 Å². The Morgan fingerprint density at radius 3 is 2.47 bits per heavy atom. The van der Waals surface area contributed by atoms with Crippen molar-refractivity contribution in [2.24, 2.45) is 0 Å². The normalized spacial score (nSPS) is 15.0. The first kappa shape index (κ1) is 25.6. The minimum Gasteiger partial charge on any atom is -0.380 e. The molecule has 0 aromatic carbocycles. The highest BCUT2D eigenvalue weighted by Gasteiger charge is 2.39. The SMILES string of the molecule is Cc1cc(Cc2cc(C)[nH]n2)nc(N2CCC(O)(C(=O)NCc3ccc(-n4nc(C)cc4C)nc3)CC2)c1. The summed E-state index contributed by atoms with van der Waals surface area (Å²) in [4.78, 5) is 24.4. The van der Waals surface area contributed by atoms with E-state index in [4.69, 9.17) is 4.98 Å². The van der Waals surface area contributed by atoms with Gasteiger partial charge in [0.05, 0.1) is 11.4 Å². The first-order chi connectivity index (χ1) is 18.2. The zero-order chi connectivity index (χ0) is 26.9. The van der Waals surface area contributed by atoms with E-state index in [0.717, 1.165) is 51.2 Å². The molecule has 38 heavy (non-hydrogen) atoms. The molecule has 1 saturated heterocycles. The average molecular weight is 515 g/mol. The molecule has 1 aliphatic rings. The van der Waals surface area contributed by atoms with Gasteiger partial charge in [0.2, 0.25) is 0 Å². The van der Waals surface area contributed by atoms with Crippen LogP contribution in [-0.4, -0.2) is 59.7 Å². The number of aromatic amines is 1. The minimum atomic E-state index is -1.41. The number of aliphatic hydroxyl groups is 1. The van der Waals surface area contributed by atoms with Gasteiger partial charge in [0.1, 0.15) is 11.4 Å². The van der Waals surface area contributed by atoms with Gasteiger partial charge in [-0.15, -0.1) is 0 Å². The highest BCUT2D eigenvalue weighted by molar-refractivity contribution is 5.85. The number of H-pyrrole nitrogens is 1. The number of nitrogens with zero attached hydrogens (tertiary/aromatic N) is 6. The Morgan fingerprint density at radius 2 is 1.84 bits per heavy atom. The molecule has 0 bridgehead atoms. The number of rotatable bonds is 7. The van der Waals surface area contributed by atoms with Crippen molar-refractivity contribution in [3.63, 3.8) is 0 Å². The Balaban J connectivity index is 1.17. The van der Waals surface area contributed by atoms with Crippen molar-refractivity contribution in [2.75, 3.05) is 18.0 Å². The second-order valence-electron chi connectivity index (χ2n) is 10.3. The highest BCUT2D eigenvalue weighted by atomic mass is 16.3. The maximum Gasteiger partial charge on any atom is 0.252 e. The van der Waals surface area contributed by atoms with Crippen molar-refractivity contribution in [3.05, 3.63) is 82.2 Å². The number of pyridine rings is 2. The predicted octanol–water partition coefficient (Wildman–Crippen LogP) is 2.86. The fourth-order valence-corrected chi connectivity index (χ4v) is 4.91. The van der Waals surface area contributed by atoms with Crippen LogP contribution < -0.4 is 10.2 Å². The van der Waals surface area contributed by atoms with Crippen molar-refractivity contribution >= 4 is 11.7 Å². The molecule has 0 radical (unpaired) electrons. The van der Waals surface area contributed by atoms with E-state index in [1.165, 1.54) is 0 Å². The van der Waals surface area contributed by atoms with Crippen LogP contribution in [0.2, 0.25) is 0 Å². The molecule has 3 N–H and O–H groups in total. The summed E-state index contributed by atoms with van der Waals surface area (Å²) in [5.74, 6) is 1.24. The fourth-order valence-electron chi connectivity index (χ4n) is 4.91. The largest absolute Gasteiger partial charge is 0.380 e. The molecule has 0 atom stereocenters. The van der Waals surface area contributed by atoms with Crippen LogP contribution in [0.1, 0.15) is 52.4 Å². The van der Waals surface area contributed by atoms with Crippen molar-refractivity contribution < 1.29 is 9.90 Å². The molecule has 5 heterocycles. The summed E-state index contributed by atoms with van der Waals surface area (Å²) in [5.41, 5.74) is 5.43. The van der Waals surface area contributed by atoms with E-state index in [1.807, 2.05) is 51.1 Å². The Morgan fingerprint density at radius 1 is 1.05 bits per heavy atom. The van der Waals surface area contributed by atoms with Gasteiger partial charge >= 0.3 is 0 Å². The number of piperidine rings is 1. The van der Waals surface area contributed by atoms with E-state index in [1.54, 1.807) is 10.9 Å². The second-order valence-corrected chi connectivity index (χ2v) is 10.3. The number of aromatic nitrogens is 6. The van der Waals surface area contributed by atoms with E-state index in [-0.39, 0.29) is 5.91 Å². The van der Waals surface area contributed by atoms with Crippen molar-refractivity contribution in [1.82, 2.24) is 35.3 Å². The maximum atomic E-state index is 12.9. The number of carbonyl (C=O) groups is 1. The predicted molar refractivity (Wildman–Crippen MR) is 144 cm³/mol. The molecule has 10 heteroatoms. The lowest BCUT2D eigenvalue weighted by Crippen LogP contribution is -2.53. The zero-order valence-corrected chi connectivity index (χ0v) is 22.3. The van der Waals surface area contributed by atoms with Gasteiger partial charge in [0.15, 0.2) is 5.82 Å². The van der Waals surface area contributed by atoms with Gasteiger partial charge in [-0.1, -0.05) is 6.07 Å². The molecule has 0 saturated carbocycles. The van der Waals surface area contributed by atoms with Crippen LogP contribution in [-0.2, 0) is 17.8 Å². The van der Waals surface area contributed by atoms with E-state index in [0.29, 0.717) is 38.9 Å². The van der Waals surface area contributed by atoms with Crippen molar-refractivity contribution in [3.8, 4) is 5.82 Å². The number of nitrogens with one attached hydrogen (secondary N) is 2. The molecule has 0 spiro atoms. The number of aryl methyl sites for hydroxylation is 4. The third kappa shape index (κ3) is 5.60. The van der Waals surface area contributed by atoms with Crippen molar-refractivity contribution in [2.45, 2.75) is 59.1 Å². The lowest BCUT2D eigenvalue weighted by atomic mass is 9.90. The Bertz CT molecular complexity index is 1430. The molecule has 1 amide bonds. The molecule has 1 aliphatic heterocycles. The molecule has 0 aliphatic carbocycles. The van der Waals surface area contributed by atoms with Gasteiger partial charge in [-0.3, -0.25) is 9.89 Å². The van der Waals surface area contributed by atoms with E-state index in [2.05, 4.69) is 43.5 Å². The summed E-state index contributed by atoms with van der Waals surface area (Å²) in [7, 11) is 0. The topological polar surface area (TPSA) is 125 Å². The molecule has 198 valence electrons. The maximum absolute atomic E-state index is 12.9. The van der Waals surface area contributed by atoms with Crippen LogP contribution in [0.15, 0.2) is 42.6 Å². The van der Waals surface area contributed by atoms with Gasteiger partial charge in [-0.05, 0) is 69.2 Å². The first-order valence-electron chi connectivity index (χ1n) is 12.9. The number of hydrogen-bond donors (Lipinski definition) is 3. The summed E-state index contributed by atoms with van der Waals surface area (Å²) in [6, 6.07) is 11.9. The van der Waals surface area contributed by atoms with E-state index < -0.39 is 5.60 Å². The summed E-state index contributed by atoms with van der Waals surface area (Å²) in [6.45, 7) is 9.34. The monoisotopic (exact) mass is 514 g/mol. The fraction of sp³-hybridized carbons (Fsp3) is 0.393. The van der Waals surface area contributed by atoms with Gasteiger partial charge in [-0.25, -0.2) is 14.6 Å². The quantitative estimate of drug-likeness (QED) is 0.346. The average Bonchev–Trinajstić information content (AvgIpc) is 3.46. The molecule has 0 unspecified atom stereocenters. The van der Waals surface area contributed by atoms with Gasteiger partial charge in [0.25, 0.3) is 5.91 Å². The molecule has 10 nitrogen and oxygen atoms in total. The standard InChI is InChI=1S/C28H34N8O2/c1-18-11-23(15-24-14-19(2)32-33-24)31-26(12-18)35-9-7-28(38,8-10-35)27(37)30-17-22-5-6-25(29-16-22)36-21(4)13-20(3)34-36/h5-6,11-14,16,38H,7-10,15,17H2,1-4H3,(H,30,37)(H,32,33). The molecular weight excluding hydrogens is 480 g/mol. The van der Waals surface area contributed by atoms with Crippen LogP contribution in [0.5, 0.6) is 0 Å². The van der Waals surface area contributed by atoms with Gasteiger partial charge in [-0.2, -0.15) is 10.2 Å². The number of hydrogen-bond acceptors (Lipinski definition) is 7. The second kappa shape index (κ2) is 10.4. The summed E-state index contributed by atoms with van der Waals surface area (Å²) in [5, 5.41) is 25.7. The molecule has 4 aromatic rings. The van der Waals surface area contributed by atoms with Gasteiger partial charge in [0, 0.05) is 62.2 Å². The minimum absolute atomic E-state index is 0.296. The number of anilines is 1. The van der Waals surface area contributed by atoms with E-state index >= 15 is 0 Å². The summed E-state index contributed by atoms with van der Waals surface area (Å²) >= 11 is 0. The van der Waals surface area contributed by atoms with E-state index in [9.17, 15) is 9.90 Å². The molecule has 1 fully saturated rings. The summed E-state index contributed by atoms with van der Waals surface area (Å²) < 4.78 is 1.79. The Kier molecular flexibility index (Phi) is 6.98. The lowest BCUT2D eigenvalue weighted by Gasteiger charge is -2.37. The Hall–Kier alpha value is -4.05. The third-order valence-corrected chi connectivity index (χ3v) is 6.96. The third-order valence-electron chi connectivity index (χ3n) is 6.96.